The third-order valence-corrected chi connectivity index (χ3v) is 2.47. The Hall–Kier alpha value is -2.36. The molecule has 0 bridgehead atoms. The number of hydrogen-bond acceptors (Lipinski definition) is 4. The molecule has 0 aromatic heterocycles. The standard InChI is InChI=1S/C12H8O4/c13-5-9-10(6-14)12(16)8-4-2-1-3-7(8)11(9)15/h1-6,15-16H. The second-order valence-electron chi connectivity index (χ2n) is 3.31. The zero-order valence-electron chi connectivity index (χ0n) is 8.18. The molecule has 0 fully saturated rings. The molecular formula is C12H8O4. The van der Waals surface area contributed by atoms with E-state index in [0.29, 0.717) is 23.3 Å². The SMILES string of the molecule is O=Cc1c(C=O)c(O)c2ccccc2c1O. The van der Waals surface area contributed by atoms with Crippen molar-refractivity contribution in [3.05, 3.63) is 35.4 Å². The third kappa shape index (κ3) is 1.24. The van der Waals surface area contributed by atoms with E-state index in [9.17, 15) is 19.8 Å². The molecule has 0 aliphatic heterocycles. The van der Waals surface area contributed by atoms with E-state index in [2.05, 4.69) is 0 Å². The van der Waals surface area contributed by atoms with Gasteiger partial charge in [0.2, 0.25) is 0 Å². The van der Waals surface area contributed by atoms with E-state index in [1.54, 1.807) is 24.3 Å². The first-order chi connectivity index (χ1) is 7.70. The second kappa shape index (κ2) is 3.66. The highest BCUT2D eigenvalue weighted by Crippen LogP contribution is 2.37. The number of phenolic OH excluding ortho intramolecular Hbond substituents is 2. The molecule has 16 heavy (non-hydrogen) atoms. The minimum atomic E-state index is -0.287. The van der Waals surface area contributed by atoms with Crippen molar-refractivity contribution in [3.8, 4) is 11.5 Å². The van der Waals surface area contributed by atoms with E-state index in [1.807, 2.05) is 0 Å². The van der Waals surface area contributed by atoms with Gasteiger partial charge < -0.3 is 10.2 Å². The lowest BCUT2D eigenvalue weighted by Crippen LogP contribution is -1.94. The first kappa shape index (κ1) is 10.2. The summed E-state index contributed by atoms with van der Waals surface area (Å²) >= 11 is 0. The summed E-state index contributed by atoms with van der Waals surface area (Å²) in [6.07, 6.45) is 0.705. The maximum absolute atomic E-state index is 10.8. The predicted molar refractivity (Wildman–Crippen MR) is 58.1 cm³/mol. The molecule has 0 saturated carbocycles. The van der Waals surface area contributed by atoms with Crippen LogP contribution in [0.25, 0.3) is 10.8 Å². The van der Waals surface area contributed by atoms with Gasteiger partial charge in [0.05, 0.1) is 11.1 Å². The topological polar surface area (TPSA) is 74.6 Å². The van der Waals surface area contributed by atoms with Crippen molar-refractivity contribution in [2.45, 2.75) is 0 Å². The lowest BCUT2D eigenvalue weighted by Gasteiger charge is -2.08. The summed E-state index contributed by atoms with van der Waals surface area (Å²) in [6, 6.07) is 6.45. The van der Waals surface area contributed by atoms with Crippen LogP contribution in [-0.4, -0.2) is 22.8 Å². The zero-order chi connectivity index (χ0) is 11.7. The van der Waals surface area contributed by atoms with Gasteiger partial charge >= 0.3 is 0 Å². The Morgan fingerprint density at radius 2 is 1.19 bits per heavy atom. The highest BCUT2D eigenvalue weighted by atomic mass is 16.3. The maximum atomic E-state index is 10.8. The molecule has 0 unspecified atom stereocenters. The van der Waals surface area contributed by atoms with E-state index < -0.39 is 0 Å². The Kier molecular flexibility index (Phi) is 2.32. The van der Waals surface area contributed by atoms with E-state index in [4.69, 9.17) is 0 Å². The van der Waals surface area contributed by atoms with E-state index in [0.717, 1.165) is 0 Å². The van der Waals surface area contributed by atoms with Gasteiger partial charge in [0, 0.05) is 10.8 Å². The normalized spacial score (nSPS) is 10.2. The van der Waals surface area contributed by atoms with Gasteiger partial charge in [-0.05, 0) is 0 Å². The number of fused-ring (bicyclic) bond motifs is 1. The lowest BCUT2D eigenvalue weighted by atomic mass is 9.99. The Labute approximate surface area is 90.8 Å². The minimum absolute atomic E-state index is 0.189. The van der Waals surface area contributed by atoms with Crippen LogP contribution in [0.2, 0.25) is 0 Å². The average molecular weight is 216 g/mol. The molecule has 2 aromatic carbocycles. The molecule has 0 atom stereocenters. The molecule has 0 heterocycles. The molecule has 2 aromatic rings. The van der Waals surface area contributed by atoms with Crippen molar-refractivity contribution in [3.63, 3.8) is 0 Å². The van der Waals surface area contributed by atoms with Crippen LogP contribution in [0, 0.1) is 0 Å². The van der Waals surface area contributed by atoms with Gasteiger partial charge in [0.15, 0.2) is 12.6 Å². The lowest BCUT2D eigenvalue weighted by molar-refractivity contribution is 0.109. The summed E-state index contributed by atoms with van der Waals surface area (Å²) < 4.78 is 0. The van der Waals surface area contributed by atoms with Crippen LogP contribution in [0.1, 0.15) is 20.7 Å². The van der Waals surface area contributed by atoms with Crippen LogP contribution in [0.15, 0.2) is 24.3 Å². The fraction of sp³-hybridized carbons (Fsp3) is 0. The van der Waals surface area contributed by atoms with Crippen molar-refractivity contribution in [1.29, 1.82) is 0 Å². The Morgan fingerprint density at radius 3 is 1.50 bits per heavy atom. The van der Waals surface area contributed by atoms with Crippen molar-refractivity contribution in [1.82, 2.24) is 0 Å². The summed E-state index contributed by atoms with van der Waals surface area (Å²) in [7, 11) is 0. The molecule has 0 spiro atoms. The number of rotatable bonds is 2. The molecule has 0 saturated heterocycles. The Balaban J connectivity index is 3.04. The van der Waals surface area contributed by atoms with Crippen molar-refractivity contribution < 1.29 is 19.8 Å². The van der Waals surface area contributed by atoms with Gasteiger partial charge in [-0.25, -0.2) is 0 Å². The molecule has 2 N–H and O–H groups in total. The number of hydrogen-bond donors (Lipinski definition) is 2. The van der Waals surface area contributed by atoms with Gasteiger partial charge in [-0.3, -0.25) is 9.59 Å². The molecule has 4 nitrogen and oxygen atoms in total. The highest BCUT2D eigenvalue weighted by Gasteiger charge is 2.17. The number of aromatic hydroxyl groups is 2. The van der Waals surface area contributed by atoms with Crippen LogP contribution in [0.4, 0.5) is 0 Å². The first-order valence-electron chi connectivity index (χ1n) is 4.57. The van der Waals surface area contributed by atoms with Gasteiger partial charge in [-0.2, -0.15) is 0 Å². The van der Waals surface area contributed by atoms with Gasteiger partial charge in [0.25, 0.3) is 0 Å². The van der Waals surface area contributed by atoms with Crippen molar-refractivity contribution in [2.24, 2.45) is 0 Å². The van der Waals surface area contributed by atoms with E-state index in [1.165, 1.54) is 0 Å². The van der Waals surface area contributed by atoms with Crippen molar-refractivity contribution >= 4 is 23.3 Å². The Bertz CT molecular complexity index is 535. The molecule has 4 heteroatoms. The number of carbonyl (C=O) groups is 2. The number of carbonyl (C=O) groups excluding carboxylic acids is 2. The summed E-state index contributed by atoms with van der Waals surface area (Å²) in [5.41, 5.74) is -0.377. The molecule has 0 aliphatic carbocycles. The minimum Gasteiger partial charge on any atom is -0.507 e. The summed E-state index contributed by atoms with van der Waals surface area (Å²) in [5.74, 6) is -0.573. The first-order valence-corrected chi connectivity index (χ1v) is 4.57. The van der Waals surface area contributed by atoms with Crippen LogP contribution in [-0.2, 0) is 0 Å². The van der Waals surface area contributed by atoms with Crippen molar-refractivity contribution in [2.75, 3.05) is 0 Å². The molecule has 2 rings (SSSR count). The highest BCUT2D eigenvalue weighted by molar-refractivity contribution is 6.07. The number of benzene rings is 2. The molecular weight excluding hydrogens is 208 g/mol. The summed E-state index contributed by atoms with van der Waals surface area (Å²) in [4.78, 5) is 21.5. The maximum Gasteiger partial charge on any atom is 0.154 e. The predicted octanol–water partition coefficient (Wildman–Crippen LogP) is 1.88. The quantitative estimate of drug-likeness (QED) is 0.593. The number of phenols is 2. The van der Waals surface area contributed by atoms with Crippen LogP contribution in [0.3, 0.4) is 0 Å². The van der Waals surface area contributed by atoms with Crippen LogP contribution in [0.5, 0.6) is 11.5 Å². The van der Waals surface area contributed by atoms with E-state index in [-0.39, 0.29) is 22.6 Å². The Morgan fingerprint density at radius 1 is 0.812 bits per heavy atom. The van der Waals surface area contributed by atoms with E-state index >= 15 is 0 Å². The van der Waals surface area contributed by atoms with Gasteiger partial charge in [-0.15, -0.1) is 0 Å². The monoisotopic (exact) mass is 216 g/mol. The zero-order valence-corrected chi connectivity index (χ0v) is 8.18. The van der Waals surface area contributed by atoms with Crippen LogP contribution < -0.4 is 0 Å². The fourth-order valence-electron chi connectivity index (χ4n) is 1.68. The number of aldehydes is 2. The average Bonchev–Trinajstić information content (AvgIpc) is 2.33. The largest absolute Gasteiger partial charge is 0.507 e. The summed E-state index contributed by atoms with van der Waals surface area (Å²) in [6.45, 7) is 0. The smallest absolute Gasteiger partial charge is 0.154 e. The van der Waals surface area contributed by atoms with Crippen LogP contribution >= 0.6 is 0 Å². The second-order valence-corrected chi connectivity index (χ2v) is 3.31. The van der Waals surface area contributed by atoms with Gasteiger partial charge in [0.1, 0.15) is 11.5 Å². The summed E-state index contributed by atoms with van der Waals surface area (Å²) in [5, 5.41) is 20.3. The van der Waals surface area contributed by atoms with Gasteiger partial charge in [-0.1, -0.05) is 24.3 Å². The molecule has 0 amide bonds. The molecule has 0 aliphatic rings. The molecule has 80 valence electrons. The fourth-order valence-corrected chi connectivity index (χ4v) is 1.68. The third-order valence-electron chi connectivity index (χ3n) is 2.47. The molecule has 0 radical (unpaired) electrons.